The summed E-state index contributed by atoms with van der Waals surface area (Å²) in [6, 6.07) is 16.2. The average Bonchev–Trinajstić information content (AvgIpc) is 3.31. The van der Waals surface area contributed by atoms with Gasteiger partial charge >= 0.3 is 5.97 Å². The fourth-order valence-electron chi connectivity index (χ4n) is 3.90. The quantitative estimate of drug-likeness (QED) is 0.341. The van der Waals surface area contributed by atoms with Crippen molar-refractivity contribution in [2.24, 2.45) is 5.10 Å². The molecule has 0 radical (unpaired) electrons. The molecule has 0 aliphatic carbocycles. The van der Waals surface area contributed by atoms with Crippen molar-refractivity contribution in [1.29, 1.82) is 0 Å². The van der Waals surface area contributed by atoms with Gasteiger partial charge in [0.25, 0.3) is 0 Å². The first-order valence-electron chi connectivity index (χ1n) is 10.9. The van der Waals surface area contributed by atoms with Crippen molar-refractivity contribution in [3.05, 3.63) is 86.9 Å². The average molecular weight is 583 g/mol. The molecule has 0 saturated heterocycles. The topological polar surface area (TPSA) is 97.3 Å². The van der Waals surface area contributed by atoms with E-state index in [9.17, 15) is 13.2 Å². The van der Waals surface area contributed by atoms with E-state index in [4.69, 9.17) is 44.3 Å². The molecule has 0 fully saturated rings. The van der Waals surface area contributed by atoms with Gasteiger partial charge in [-0.25, -0.2) is 17.9 Å². The summed E-state index contributed by atoms with van der Waals surface area (Å²) >= 11 is 18.6. The van der Waals surface area contributed by atoms with Gasteiger partial charge in [-0.3, -0.25) is 5.01 Å². The van der Waals surface area contributed by atoms with E-state index in [1.54, 1.807) is 35.3 Å². The van der Waals surface area contributed by atoms with E-state index in [1.807, 2.05) is 12.1 Å². The van der Waals surface area contributed by atoms with Gasteiger partial charge in [-0.15, -0.1) is 0 Å². The van der Waals surface area contributed by atoms with Crippen LogP contribution in [0.25, 0.3) is 0 Å². The minimum Gasteiger partial charge on any atom is -0.495 e. The molecule has 1 aliphatic heterocycles. The van der Waals surface area contributed by atoms with Crippen molar-refractivity contribution in [2.75, 3.05) is 25.8 Å². The molecule has 0 aromatic heterocycles. The predicted octanol–water partition coefficient (Wildman–Crippen LogP) is 5.73. The second-order valence-corrected chi connectivity index (χ2v) is 11.1. The maximum Gasteiger partial charge on any atom is 0.337 e. The highest BCUT2D eigenvalue weighted by molar-refractivity contribution is 7.89. The number of halogens is 3. The third kappa shape index (κ3) is 6.02. The summed E-state index contributed by atoms with van der Waals surface area (Å²) in [5.41, 5.74) is 2.19. The normalized spacial score (nSPS) is 15.4. The predicted molar refractivity (Wildman–Crippen MR) is 145 cm³/mol. The van der Waals surface area contributed by atoms with Gasteiger partial charge in [-0.05, 0) is 54.1 Å². The van der Waals surface area contributed by atoms with Gasteiger partial charge in [0.1, 0.15) is 10.6 Å². The fourth-order valence-corrected chi connectivity index (χ4v) is 5.73. The van der Waals surface area contributed by atoms with E-state index < -0.39 is 16.0 Å². The molecule has 4 rings (SSSR count). The Balaban J connectivity index is 1.63. The minimum absolute atomic E-state index is 0.0771. The van der Waals surface area contributed by atoms with Crippen molar-refractivity contribution >= 4 is 62.2 Å². The standard InChI is InChI=1S/C25H22Cl3N3O5S/c1-35-23-10-5-16(25(32)36-2)11-24(23)37(33,34)29-14-19-13-22(15-3-6-17(26)7-4-15)31(30-19)21-9-8-18(27)12-20(21)28/h3-12,22,29H,13-14H2,1-2H3. The molecule has 1 unspecified atom stereocenters. The zero-order valence-electron chi connectivity index (χ0n) is 19.7. The molecule has 8 nitrogen and oxygen atoms in total. The highest BCUT2D eigenvalue weighted by Crippen LogP contribution is 2.40. The second kappa shape index (κ2) is 11.3. The largest absolute Gasteiger partial charge is 0.495 e. The van der Waals surface area contributed by atoms with E-state index in [-0.39, 0.29) is 28.8 Å². The molecular weight excluding hydrogens is 561 g/mol. The Morgan fingerprint density at radius 1 is 1.03 bits per heavy atom. The maximum absolute atomic E-state index is 13.2. The lowest BCUT2D eigenvalue weighted by Gasteiger charge is -2.25. The van der Waals surface area contributed by atoms with Gasteiger partial charge in [-0.1, -0.05) is 46.9 Å². The number of esters is 1. The Hall–Kier alpha value is -2.82. The molecule has 12 heteroatoms. The van der Waals surface area contributed by atoms with Crippen LogP contribution in [0.15, 0.2) is 70.7 Å². The lowest BCUT2D eigenvalue weighted by atomic mass is 10.0. The molecule has 3 aromatic carbocycles. The van der Waals surface area contributed by atoms with Crippen LogP contribution in [0.1, 0.15) is 28.4 Å². The number of hydrogen-bond acceptors (Lipinski definition) is 7. The Labute approximate surface area is 229 Å². The smallest absolute Gasteiger partial charge is 0.337 e. The molecule has 1 atom stereocenters. The van der Waals surface area contributed by atoms with Crippen LogP contribution >= 0.6 is 34.8 Å². The summed E-state index contributed by atoms with van der Waals surface area (Å²) in [7, 11) is -1.52. The van der Waals surface area contributed by atoms with Gasteiger partial charge in [-0.2, -0.15) is 5.10 Å². The maximum atomic E-state index is 13.2. The number of nitrogens with zero attached hydrogens (tertiary/aromatic N) is 2. The van der Waals surface area contributed by atoms with Gasteiger partial charge in [0.15, 0.2) is 0 Å². The van der Waals surface area contributed by atoms with Crippen LogP contribution in [-0.4, -0.2) is 40.9 Å². The zero-order chi connectivity index (χ0) is 26.7. The van der Waals surface area contributed by atoms with Crippen LogP contribution < -0.4 is 14.5 Å². The van der Waals surface area contributed by atoms with Crippen LogP contribution in [-0.2, 0) is 14.8 Å². The van der Waals surface area contributed by atoms with Crippen molar-refractivity contribution in [3.8, 4) is 5.75 Å². The first-order valence-corrected chi connectivity index (χ1v) is 13.6. The SMILES string of the molecule is COC(=O)c1ccc(OC)c(S(=O)(=O)NCC2=NN(c3ccc(Cl)cc3Cl)C(c3ccc(Cl)cc3)C2)c1. The van der Waals surface area contributed by atoms with Gasteiger partial charge in [0, 0.05) is 16.5 Å². The second-order valence-electron chi connectivity index (χ2n) is 8.06. The van der Waals surface area contributed by atoms with Crippen LogP contribution in [0.5, 0.6) is 5.75 Å². The number of rotatable bonds is 8. The molecule has 1 heterocycles. The number of hydrazone groups is 1. The number of ether oxygens (including phenoxy) is 2. The van der Waals surface area contributed by atoms with E-state index in [1.165, 1.54) is 32.4 Å². The Morgan fingerprint density at radius 2 is 1.73 bits per heavy atom. The first-order chi connectivity index (χ1) is 17.6. The monoisotopic (exact) mass is 581 g/mol. The van der Waals surface area contributed by atoms with Gasteiger partial charge in [0.05, 0.1) is 48.8 Å². The number of carbonyl (C=O) groups is 1. The van der Waals surface area contributed by atoms with Gasteiger partial charge < -0.3 is 9.47 Å². The lowest BCUT2D eigenvalue weighted by molar-refractivity contribution is 0.0600. The highest BCUT2D eigenvalue weighted by atomic mass is 35.5. The summed E-state index contributed by atoms with van der Waals surface area (Å²) in [6.07, 6.45) is 0.419. The molecule has 0 bridgehead atoms. The number of benzene rings is 3. The molecule has 194 valence electrons. The molecule has 0 saturated carbocycles. The van der Waals surface area contributed by atoms with E-state index in [0.29, 0.717) is 32.9 Å². The Bertz CT molecular complexity index is 1460. The fraction of sp³-hybridized carbons (Fsp3) is 0.200. The number of anilines is 1. The van der Waals surface area contributed by atoms with E-state index >= 15 is 0 Å². The first kappa shape index (κ1) is 27.2. The van der Waals surface area contributed by atoms with E-state index in [2.05, 4.69) is 9.82 Å². The van der Waals surface area contributed by atoms with Crippen molar-refractivity contribution in [2.45, 2.75) is 17.4 Å². The van der Waals surface area contributed by atoms with Crippen molar-refractivity contribution in [3.63, 3.8) is 0 Å². The highest BCUT2D eigenvalue weighted by Gasteiger charge is 2.31. The molecule has 37 heavy (non-hydrogen) atoms. The third-order valence-corrected chi connectivity index (χ3v) is 7.94. The van der Waals surface area contributed by atoms with Crippen molar-refractivity contribution < 1.29 is 22.7 Å². The zero-order valence-corrected chi connectivity index (χ0v) is 22.8. The van der Waals surface area contributed by atoms with Crippen molar-refractivity contribution in [1.82, 2.24) is 4.72 Å². The molecule has 0 spiro atoms. The third-order valence-electron chi connectivity index (χ3n) is 5.73. The molecule has 3 aromatic rings. The van der Waals surface area contributed by atoms with E-state index in [0.717, 1.165) is 5.56 Å². The van der Waals surface area contributed by atoms with Crippen LogP contribution in [0.2, 0.25) is 15.1 Å². The molecule has 1 aliphatic rings. The summed E-state index contributed by atoms with van der Waals surface area (Å²) in [6.45, 7) is -0.0836. The Kier molecular flexibility index (Phi) is 8.30. The number of hydrogen-bond donors (Lipinski definition) is 1. The number of nitrogens with one attached hydrogen (secondary N) is 1. The molecule has 1 N–H and O–H groups in total. The summed E-state index contributed by atoms with van der Waals surface area (Å²) in [5, 5.41) is 7.90. The number of sulfonamides is 1. The minimum atomic E-state index is -4.08. The van der Waals surface area contributed by atoms with Crippen LogP contribution in [0.3, 0.4) is 0 Å². The number of methoxy groups -OCH3 is 2. The lowest BCUT2D eigenvalue weighted by Crippen LogP contribution is -2.29. The van der Waals surface area contributed by atoms with Gasteiger partial charge in [0.2, 0.25) is 10.0 Å². The summed E-state index contributed by atoms with van der Waals surface area (Å²) in [5.74, 6) is -0.581. The molecular formula is C25H22Cl3N3O5S. The van der Waals surface area contributed by atoms with Crippen LogP contribution in [0, 0.1) is 0 Å². The Morgan fingerprint density at radius 3 is 2.38 bits per heavy atom. The number of carbonyl (C=O) groups excluding carboxylic acids is 1. The summed E-state index contributed by atoms with van der Waals surface area (Å²) in [4.78, 5) is 11.7. The summed E-state index contributed by atoms with van der Waals surface area (Å²) < 4.78 is 38.9. The molecule has 0 amide bonds. The van der Waals surface area contributed by atoms with Crippen LogP contribution in [0.4, 0.5) is 5.69 Å².